The Hall–Kier alpha value is -0.0800. The summed E-state index contributed by atoms with van der Waals surface area (Å²) in [5, 5.41) is 3.32. The van der Waals surface area contributed by atoms with Crippen molar-refractivity contribution in [2.75, 3.05) is 26.8 Å². The van der Waals surface area contributed by atoms with Crippen molar-refractivity contribution < 1.29 is 4.74 Å². The topological polar surface area (TPSA) is 21.3 Å². The number of unbranched alkanes of at least 4 members (excludes halogenated alkanes) is 3. The molecule has 0 saturated heterocycles. The van der Waals surface area contributed by atoms with Crippen molar-refractivity contribution in [3.05, 3.63) is 0 Å². The lowest BCUT2D eigenvalue weighted by Gasteiger charge is -2.02. The number of methoxy groups -OCH3 is 1. The highest BCUT2D eigenvalue weighted by atomic mass is 16.5. The monoisotopic (exact) mass is 159 g/mol. The SMILES string of the molecule is CCCCCCNCCOC. The van der Waals surface area contributed by atoms with Crippen molar-refractivity contribution in [1.29, 1.82) is 0 Å². The third kappa shape index (κ3) is 9.92. The second-order valence-corrected chi connectivity index (χ2v) is 2.80. The summed E-state index contributed by atoms with van der Waals surface area (Å²) in [5.41, 5.74) is 0. The number of nitrogens with one attached hydrogen (secondary N) is 1. The van der Waals surface area contributed by atoms with Gasteiger partial charge in [-0.1, -0.05) is 26.2 Å². The van der Waals surface area contributed by atoms with Gasteiger partial charge in [-0.25, -0.2) is 0 Å². The molecule has 68 valence electrons. The lowest BCUT2D eigenvalue weighted by Crippen LogP contribution is -2.20. The molecule has 0 radical (unpaired) electrons. The molecule has 0 aromatic heterocycles. The van der Waals surface area contributed by atoms with Crippen LogP contribution >= 0.6 is 0 Å². The fourth-order valence-electron chi connectivity index (χ4n) is 0.976. The Morgan fingerprint density at radius 3 is 2.55 bits per heavy atom. The highest BCUT2D eigenvalue weighted by Gasteiger charge is 1.87. The van der Waals surface area contributed by atoms with Crippen LogP contribution in [-0.2, 0) is 4.74 Å². The highest BCUT2D eigenvalue weighted by Crippen LogP contribution is 1.96. The lowest BCUT2D eigenvalue weighted by molar-refractivity contribution is 0.199. The van der Waals surface area contributed by atoms with E-state index in [1.165, 1.54) is 25.7 Å². The van der Waals surface area contributed by atoms with Gasteiger partial charge in [-0.3, -0.25) is 0 Å². The van der Waals surface area contributed by atoms with Crippen LogP contribution in [-0.4, -0.2) is 26.8 Å². The zero-order chi connectivity index (χ0) is 8.36. The van der Waals surface area contributed by atoms with E-state index in [2.05, 4.69) is 12.2 Å². The molecule has 0 aromatic rings. The molecule has 0 unspecified atom stereocenters. The van der Waals surface area contributed by atoms with E-state index in [1.54, 1.807) is 7.11 Å². The normalized spacial score (nSPS) is 10.4. The van der Waals surface area contributed by atoms with Crippen LogP contribution in [0, 0.1) is 0 Å². The molecule has 0 aromatic carbocycles. The number of hydrogen-bond acceptors (Lipinski definition) is 2. The Bertz CT molecular complexity index is 58.6. The molecule has 0 aliphatic carbocycles. The molecule has 0 bridgehead atoms. The molecule has 0 amide bonds. The first-order chi connectivity index (χ1) is 5.41. The van der Waals surface area contributed by atoms with Gasteiger partial charge in [-0.2, -0.15) is 0 Å². The van der Waals surface area contributed by atoms with Crippen molar-refractivity contribution in [3.63, 3.8) is 0 Å². The van der Waals surface area contributed by atoms with Gasteiger partial charge in [0.2, 0.25) is 0 Å². The van der Waals surface area contributed by atoms with Crippen LogP contribution in [0.5, 0.6) is 0 Å². The maximum Gasteiger partial charge on any atom is 0.0587 e. The molecule has 0 rings (SSSR count). The summed E-state index contributed by atoms with van der Waals surface area (Å²) in [7, 11) is 1.73. The van der Waals surface area contributed by atoms with Crippen LogP contribution in [0.1, 0.15) is 32.6 Å². The van der Waals surface area contributed by atoms with Crippen LogP contribution in [0.3, 0.4) is 0 Å². The van der Waals surface area contributed by atoms with Crippen LogP contribution in [0.25, 0.3) is 0 Å². The summed E-state index contributed by atoms with van der Waals surface area (Å²) in [5.74, 6) is 0. The minimum atomic E-state index is 0.827. The largest absolute Gasteiger partial charge is 0.383 e. The van der Waals surface area contributed by atoms with Crippen LogP contribution in [0.15, 0.2) is 0 Å². The molecule has 0 aliphatic heterocycles. The van der Waals surface area contributed by atoms with Crippen molar-refractivity contribution >= 4 is 0 Å². The molecule has 0 aliphatic rings. The van der Waals surface area contributed by atoms with Gasteiger partial charge in [0.1, 0.15) is 0 Å². The Balaban J connectivity index is 2.69. The summed E-state index contributed by atoms with van der Waals surface area (Å²) in [6.45, 7) is 5.19. The predicted octanol–water partition coefficient (Wildman–Crippen LogP) is 1.80. The van der Waals surface area contributed by atoms with E-state index in [0.29, 0.717) is 0 Å². The first-order valence-electron chi connectivity index (χ1n) is 4.61. The summed E-state index contributed by atoms with van der Waals surface area (Å²) in [6, 6.07) is 0. The van der Waals surface area contributed by atoms with Gasteiger partial charge in [-0.05, 0) is 13.0 Å². The molecular formula is C9H21NO. The molecular weight excluding hydrogens is 138 g/mol. The Kier molecular flexibility index (Phi) is 9.85. The smallest absolute Gasteiger partial charge is 0.0587 e. The third-order valence-corrected chi connectivity index (χ3v) is 1.69. The standard InChI is InChI=1S/C9H21NO/c1-3-4-5-6-7-10-8-9-11-2/h10H,3-9H2,1-2H3. The molecule has 1 N–H and O–H groups in total. The van der Waals surface area contributed by atoms with E-state index >= 15 is 0 Å². The van der Waals surface area contributed by atoms with Crippen LogP contribution in [0.2, 0.25) is 0 Å². The van der Waals surface area contributed by atoms with Gasteiger partial charge in [0.05, 0.1) is 6.61 Å². The quantitative estimate of drug-likeness (QED) is 0.545. The van der Waals surface area contributed by atoms with Gasteiger partial charge in [0.15, 0.2) is 0 Å². The summed E-state index contributed by atoms with van der Waals surface area (Å²) in [4.78, 5) is 0. The van der Waals surface area contributed by atoms with E-state index in [9.17, 15) is 0 Å². The van der Waals surface area contributed by atoms with Crippen molar-refractivity contribution in [2.45, 2.75) is 32.6 Å². The molecule has 0 spiro atoms. The average molecular weight is 159 g/mol. The second kappa shape index (κ2) is 9.92. The minimum Gasteiger partial charge on any atom is -0.383 e. The summed E-state index contributed by atoms with van der Waals surface area (Å²) >= 11 is 0. The van der Waals surface area contributed by atoms with E-state index in [4.69, 9.17) is 4.74 Å². The minimum absolute atomic E-state index is 0.827. The molecule has 0 heterocycles. The zero-order valence-electron chi connectivity index (χ0n) is 7.86. The number of rotatable bonds is 8. The molecule has 0 saturated carbocycles. The Labute approximate surface area is 70.3 Å². The molecule has 11 heavy (non-hydrogen) atoms. The zero-order valence-corrected chi connectivity index (χ0v) is 7.86. The van der Waals surface area contributed by atoms with E-state index < -0.39 is 0 Å². The van der Waals surface area contributed by atoms with Gasteiger partial charge >= 0.3 is 0 Å². The van der Waals surface area contributed by atoms with Gasteiger partial charge in [-0.15, -0.1) is 0 Å². The van der Waals surface area contributed by atoms with Gasteiger partial charge < -0.3 is 10.1 Å². The number of ether oxygens (including phenoxy) is 1. The van der Waals surface area contributed by atoms with Gasteiger partial charge in [0, 0.05) is 13.7 Å². The molecule has 0 fully saturated rings. The first kappa shape index (κ1) is 10.9. The fraction of sp³-hybridized carbons (Fsp3) is 1.00. The van der Waals surface area contributed by atoms with Crippen LogP contribution in [0.4, 0.5) is 0 Å². The maximum absolute atomic E-state index is 4.91. The van der Waals surface area contributed by atoms with Crippen molar-refractivity contribution in [1.82, 2.24) is 5.32 Å². The van der Waals surface area contributed by atoms with Crippen LogP contribution < -0.4 is 5.32 Å². The van der Waals surface area contributed by atoms with E-state index in [0.717, 1.165) is 19.7 Å². The van der Waals surface area contributed by atoms with Crippen molar-refractivity contribution in [3.8, 4) is 0 Å². The lowest BCUT2D eigenvalue weighted by atomic mass is 10.2. The summed E-state index contributed by atoms with van der Waals surface area (Å²) < 4.78 is 4.91. The van der Waals surface area contributed by atoms with Crippen molar-refractivity contribution in [2.24, 2.45) is 0 Å². The van der Waals surface area contributed by atoms with E-state index in [-0.39, 0.29) is 0 Å². The Morgan fingerprint density at radius 2 is 1.91 bits per heavy atom. The van der Waals surface area contributed by atoms with E-state index in [1.807, 2.05) is 0 Å². The third-order valence-electron chi connectivity index (χ3n) is 1.69. The Morgan fingerprint density at radius 1 is 1.09 bits per heavy atom. The number of hydrogen-bond donors (Lipinski definition) is 1. The highest BCUT2D eigenvalue weighted by molar-refractivity contribution is 4.47. The molecule has 2 nitrogen and oxygen atoms in total. The second-order valence-electron chi connectivity index (χ2n) is 2.80. The first-order valence-corrected chi connectivity index (χ1v) is 4.61. The molecule has 0 atom stereocenters. The fourth-order valence-corrected chi connectivity index (χ4v) is 0.976. The predicted molar refractivity (Wildman–Crippen MR) is 48.9 cm³/mol. The maximum atomic E-state index is 4.91. The summed E-state index contributed by atoms with van der Waals surface area (Å²) in [6.07, 6.45) is 5.35. The average Bonchev–Trinajstić information content (AvgIpc) is 2.03. The van der Waals surface area contributed by atoms with Gasteiger partial charge in [0.25, 0.3) is 0 Å². The molecule has 2 heteroatoms.